The number of carbonyl (C=O) groups is 1. The van der Waals surface area contributed by atoms with Crippen molar-refractivity contribution in [1.29, 1.82) is 0 Å². The third kappa shape index (κ3) is 4.35. The van der Waals surface area contributed by atoms with Gasteiger partial charge in [-0.05, 0) is 18.6 Å². The van der Waals surface area contributed by atoms with Crippen LogP contribution in [0.2, 0.25) is 0 Å². The number of furan rings is 1. The average molecular weight is 182 g/mol. The summed E-state index contributed by atoms with van der Waals surface area (Å²) in [6.45, 7) is 1.82. The fraction of sp³-hybridized carbons (Fsp3) is 0.500. The lowest BCUT2D eigenvalue weighted by atomic mass is 10.2. The molecular formula is C10H14O3. The SMILES string of the molecule is C1CC1.Cc1ccoc1CC(=O)O. The second kappa shape index (κ2) is 4.70. The first-order valence-corrected chi connectivity index (χ1v) is 4.45. The second-order valence-corrected chi connectivity index (χ2v) is 3.16. The van der Waals surface area contributed by atoms with Crippen molar-refractivity contribution in [2.75, 3.05) is 0 Å². The van der Waals surface area contributed by atoms with Crippen LogP contribution in [-0.4, -0.2) is 11.1 Å². The molecule has 1 aliphatic carbocycles. The normalized spacial score (nSPS) is 13.0. The van der Waals surface area contributed by atoms with Crippen LogP contribution in [0.3, 0.4) is 0 Å². The van der Waals surface area contributed by atoms with E-state index in [1.165, 1.54) is 25.5 Å². The molecule has 1 heterocycles. The van der Waals surface area contributed by atoms with E-state index in [0.717, 1.165) is 5.56 Å². The largest absolute Gasteiger partial charge is 0.481 e. The smallest absolute Gasteiger partial charge is 0.311 e. The van der Waals surface area contributed by atoms with Crippen molar-refractivity contribution < 1.29 is 14.3 Å². The highest BCUT2D eigenvalue weighted by Gasteiger charge is 2.05. The van der Waals surface area contributed by atoms with Crippen LogP contribution in [0.1, 0.15) is 30.6 Å². The third-order valence-electron chi connectivity index (χ3n) is 1.63. The zero-order valence-electron chi connectivity index (χ0n) is 7.75. The fourth-order valence-electron chi connectivity index (χ4n) is 0.723. The predicted molar refractivity (Wildman–Crippen MR) is 48.6 cm³/mol. The van der Waals surface area contributed by atoms with Gasteiger partial charge >= 0.3 is 5.97 Å². The molecule has 0 amide bonds. The van der Waals surface area contributed by atoms with E-state index in [9.17, 15) is 4.79 Å². The molecular weight excluding hydrogens is 168 g/mol. The van der Waals surface area contributed by atoms with Crippen molar-refractivity contribution >= 4 is 5.97 Å². The van der Waals surface area contributed by atoms with Crippen LogP contribution in [0.5, 0.6) is 0 Å². The summed E-state index contributed by atoms with van der Waals surface area (Å²) in [7, 11) is 0. The van der Waals surface area contributed by atoms with E-state index < -0.39 is 5.97 Å². The van der Waals surface area contributed by atoms with Crippen molar-refractivity contribution in [3.05, 3.63) is 23.7 Å². The maximum Gasteiger partial charge on any atom is 0.311 e. The van der Waals surface area contributed by atoms with Crippen LogP contribution in [-0.2, 0) is 11.2 Å². The summed E-state index contributed by atoms with van der Waals surface area (Å²) in [5.41, 5.74) is 0.891. The van der Waals surface area contributed by atoms with Gasteiger partial charge < -0.3 is 9.52 Å². The predicted octanol–water partition coefficient (Wildman–Crippen LogP) is 2.39. The quantitative estimate of drug-likeness (QED) is 0.763. The van der Waals surface area contributed by atoms with Gasteiger partial charge in [0, 0.05) is 0 Å². The van der Waals surface area contributed by atoms with Crippen molar-refractivity contribution in [1.82, 2.24) is 0 Å². The number of aryl methyl sites for hydroxylation is 1. The van der Waals surface area contributed by atoms with Crippen LogP contribution < -0.4 is 0 Å². The molecule has 0 aliphatic heterocycles. The molecule has 2 rings (SSSR count). The molecule has 0 spiro atoms. The molecule has 0 unspecified atom stereocenters. The highest BCUT2D eigenvalue weighted by atomic mass is 16.4. The lowest BCUT2D eigenvalue weighted by molar-refractivity contribution is -0.136. The van der Waals surface area contributed by atoms with Gasteiger partial charge in [0.2, 0.25) is 0 Å². The summed E-state index contributed by atoms with van der Waals surface area (Å²) in [5.74, 6) is -0.328. The number of carboxylic acid groups (broad SMARTS) is 1. The Bertz CT molecular complexity index is 271. The molecule has 0 radical (unpaired) electrons. The van der Waals surface area contributed by atoms with Crippen molar-refractivity contribution in [3.63, 3.8) is 0 Å². The summed E-state index contributed by atoms with van der Waals surface area (Å²) in [6.07, 6.45) is 5.96. The molecule has 1 fully saturated rings. The average Bonchev–Trinajstić information content (AvgIpc) is 2.85. The van der Waals surface area contributed by atoms with Gasteiger partial charge in [-0.3, -0.25) is 4.79 Å². The molecule has 0 aromatic carbocycles. The molecule has 1 N–H and O–H groups in total. The number of rotatable bonds is 2. The first-order chi connectivity index (χ1) is 6.20. The first-order valence-electron chi connectivity index (χ1n) is 4.45. The Morgan fingerprint density at radius 1 is 1.54 bits per heavy atom. The number of carboxylic acids is 1. The van der Waals surface area contributed by atoms with Gasteiger partial charge in [-0.15, -0.1) is 0 Å². The van der Waals surface area contributed by atoms with Gasteiger partial charge in [-0.2, -0.15) is 0 Å². The molecule has 1 aliphatic rings. The fourth-order valence-corrected chi connectivity index (χ4v) is 0.723. The van der Waals surface area contributed by atoms with E-state index in [1.807, 2.05) is 6.92 Å². The van der Waals surface area contributed by atoms with Gasteiger partial charge in [-0.25, -0.2) is 0 Å². The molecule has 3 heteroatoms. The molecule has 0 atom stereocenters. The van der Waals surface area contributed by atoms with Crippen molar-refractivity contribution in [2.24, 2.45) is 0 Å². The van der Waals surface area contributed by atoms with Gasteiger partial charge in [0.1, 0.15) is 12.2 Å². The Morgan fingerprint density at radius 3 is 2.46 bits per heavy atom. The second-order valence-electron chi connectivity index (χ2n) is 3.16. The van der Waals surface area contributed by atoms with Crippen LogP contribution in [0.4, 0.5) is 0 Å². The minimum absolute atomic E-state index is 0.0289. The van der Waals surface area contributed by atoms with E-state index in [2.05, 4.69) is 0 Å². The van der Waals surface area contributed by atoms with Crippen LogP contribution >= 0.6 is 0 Å². The Labute approximate surface area is 77.4 Å². The Balaban J connectivity index is 0.000000236. The summed E-state index contributed by atoms with van der Waals surface area (Å²) >= 11 is 0. The zero-order chi connectivity index (χ0) is 9.68. The van der Waals surface area contributed by atoms with Crippen molar-refractivity contribution in [2.45, 2.75) is 32.6 Å². The number of hydrogen-bond donors (Lipinski definition) is 1. The van der Waals surface area contributed by atoms with Gasteiger partial charge in [0.15, 0.2) is 0 Å². The highest BCUT2D eigenvalue weighted by Crippen LogP contribution is 2.14. The highest BCUT2D eigenvalue weighted by molar-refractivity contribution is 5.69. The third-order valence-corrected chi connectivity index (χ3v) is 1.63. The number of hydrogen-bond acceptors (Lipinski definition) is 2. The Morgan fingerprint density at radius 2 is 2.15 bits per heavy atom. The van der Waals surface area contributed by atoms with Crippen molar-refractivity contribution in [3.8, 4) is 0 Å². The molecule has 13 heavy (non-hydrogen) atoms. The Hall–Kier alpha value is -1.25. The van der Waals surface area contributed by atoms with Gasteiger partial charge in [0.25, 0.3) is 0 Å². The van der Waals surface area contributed by atoms with E-state index in [4.69, 9.17) is 9.52 Å². The molecule has 0 saturated heterocycles. The van der Waals surface area contributed by atoms with E-state index in [0.29, 0.717) is 5.76 Å². The molecule has 1 saturated carbocycles. The summed E-state index contributed by atoms with van der Waals surface area (Å²) in [6, 6.07) is 1.75. The summed E-state index contributed by atoms with van der Waals surface area (Å²) in [4.78, 5) is 10.2. The lowest BCUT2D eigenvalue weighted by Crippen LogP contribution is -1.99. The molecule has 72 valence electrons. The van der Waals surface area contributed by atoms with E-state index in [1.54, 1.807) is 6.07 Å². The molecule has 1 aromatic heterocycles. The van der Waals surface area contributed by atoms with Crippen LogP contribution in [0.25, 0.3) is 0 Å². The Kier molecular flexibility index (Phi) is 3.55. The van der Waals surface area contributed by atoms with Gasteiger partial charge in [-0.1, -0.05) is 19.3 Å². The maximum atomic E-state index is 10.2. The number of aliphatic carboxylic acids is 1. The molecule has 3 nitrogen and oxygen atoms in total. The van der Waals surface area contributed by atoms with Crippen LogP contribution in [0.15, 0.2) is 16.7 Å². The standard InChI is InChI=1S/C7H8O3.C3H6/c1-5-2-3-10-6(5)4-7(8)9;1-2-3-1/h2-3H,4H2,1H3,(H,8,9);1-3H2. The van der Waals surface area contributed by atoms with E-state index in [-0.39, 0.29) is 6.42 Å². The monoisotopic (exact) mass is 182 g/mol. The zero-order valence-corrected chi connectivity index (χ0v) is 7.75. The van der Waals surface area contributed by atoms with Gasteiger partial charge in [0.05, 0.1) is 6.26 Å². The topological polar surface area (TPSA) is 50.4 Å². The summed E-state index contributed by atoms with van der Waals surface area (Å²) in [5, 5.41) is 8.35. The summed E-state index contributed by atoms with van der Waals surface area (Å²) < 4.78 is 4.89. The lowest BCUT2D eigenvalue weighted by Gasteiger charge is -1.90. The maximum absolute atomic E-state index is 10.2. The molecule has 0 bridgehead atoms. The molecule has 1 aromatic rings. The minimum Gasteiger partial charge on any atom is -0.481 e. The van der Waals surface area contributed by atoms with Crippen LogP contribution in [0, 0.1) is 6.92 Å². The minimum atomic E-state index is -0.863. The first kappa shape index (κ1) is 9.84. The van der Waals surface area contributed by atoms with E-state index >= 15 is 0 Å².